The third kappa shape index (κ3) is 3.28. The van der Waals surface area contributed by atoms with Gasteiger partial charge in [-0.2, -0.15) is 0 Å². The van der Waals surface area contributed by atoms with Crippen molar-refractivity contribution in [2.75, 3.05) is 25.1 Å². The molecule has 1 saturated heterocycles. The van der Waals surface area contributed by atoms with Crippen molar-refractivity contribution in [1.29, 1.82) is 0 Å². The van der Waals surface area contributed by atoms with E-state index < -0.39 is 21.2 Å². The monoisotopic (exact) mass is 289 g/mol. The molecule has 0 amide bonds. The van der Waals surface area contributed by atoms with Crippen LogP contribution >= 0.6 is 0 Å². The summed E-state index contributed by atoms with van der Waals surface area (Å²) in [6, 6.07) is -0.0110. The van der Waals surface area contributed by atoms with Gasteiger partial charge in [0.1, 0.15) is 0 Å². The second kappa shape index (κ2) is 5.40. The van der Waals surface area contributed by atoms with E-state index in [0.29, 0.717) is 25.8 Å². The van der Waals surface area contributed by atoms with Gasteiger partial charge in [-0.25, -0.2) is 8.42 Å². The number of hydrogen-bond acceptors (Lipinski definition) is 4. The van der Waals surface area contributed by atoms with Gasteiger partial charge in [0.2, 0.25) is 0 Å². The lowest BCUT2D eigenvalue weighted by molar-refractivity contribution is -0.152. The number of nitrogens with zero attached hydrogens (tertiary/aromatic N) is 1. The van der Waals surface area contributed by atoms with Crippen molar-refractivity contribution in [2.24, 2.45) is 5.41 Å². The third-order valence-electron chi connectivity index (χ3n) is 4.65. The second-order valence-electron chi connectivity index (χ2n) is 6.12. The summed E-state index contributed by atoms with van der Waals surface area (Å²) in [7, 11) is -1.04. The number of hydrogen-bond donors (Lipinski definition) is 1. The Labute approximate surface area is 114 Å². The maximum absolute atomic E-state index is 11.6. The van der Waals surface area contributed by atoms with E-state index in [2.05, 4.69) is 0 Å². The standard InChI is InChI=1S/C13H23NO4S/c1-14(11-5-8-19(17,18)9-11)10-13(12(15)16)6-3-2-4-7-13/h11H,2-10H2,1H3,(H,15,16). The number of carbonyl (C=O) groups is 1. The zero-order valence-electron chi connectivity index (χ0n) is 11.5. The van der Waals surface area contributed by atoms with Crippen molar-refractivity contribution < 1.29 is 18.3 Å². The Morgan fingerprint density at radius 3 is 2.42 bits per heavy atom. The Bertz CT molecular complexity index is 440. The highest BCUT2D eigenvalue weighted by Gasteiger charge is 2.42. The molecule has 110 valence electrons. The van der Waals surface area contributed by atoms with Gasteiger partial charge in [0.15, 0.2) is 9.84 Å². The molecular weight excluding hydrogens is 266 g/mol. The molecule has 2 aliphatic rings. The normalized spacial score (nSPS) is 29.5. The summed E-state index contributed by atoms with van der Waals surface area (Å²) in [6.45, 7) is 0.475. The number of sulfone groups is 1. The average Bonchev–Trinajstić information content (AvgIpc) is 2.71. The van der Waals surface area contributed by atoms with Gasteiger partial charge >= 0.3 is 5.97 Å². The number of aliphatic carboxylic acids is 1. The fraction of sp³-hybridized carbons (Fsp3) is 0.923. The molecule has 1 aliphatic heterocycles. The zero-order valence-corrected chi connectivity index (χ0v) is 12.3. The lowest BCUT2D eigenvalue weighted by atomic mass is 9.73. The van der Waals surface area contributed by atoms with Crippen LogP contribution in [-0.4, -0.2) is 55.5 Å². The van der Waals surface area contributed by atoms with Gasteiger partial charge in [0, 0.05) is 12.6 Å². The predicted molar refractivity (Wildman–Crippen MR) is 72.8 cm³/mol. The van der Waals surface area contributed by atoms with Crippen molar-refractivity contribution in [3.8, 4) is 0 Å². The molecule has 0 spiro atoms. The highest BCUT2D eigenvalue weighted by Crippen LogP contribution is 2.38. The van der Waals surface area contributed by atoms with Gasteiger partial charge < -0.3 is 10.0 Å². The molecule has 0 aromatic carbocycles. The molecule has 1 aliphatic carbocycles. The Kier molecular flexibility index (Phi) is 4.20. The van der Waals surface area contributed by atoms with E-state index in [9.17, 15) is 18.3 Å². The van der Waals surface area contributed by atoms with E-state index in [1.165, 1.54) is 0 Å². The van der Waals surface area contributed by atoms with E-state index in [0.717, 1.165) is 19.3 Å². The molecule has 1 atom stereocenters. The van der Waals surface area contributed by atoms with Crippen LogP contribution in [0.3, 0.4) is 0 Å². The minimum atomic E-state index is -2.91. The fourth-order valence-corrected chi connectivity index (χ4v) is 5.20. The van der Waals surface area contributed by atoms with Crippen LogP contribution in [0.5, 0.6) is 0 Å². The molecule has 1 unspecified atom stereocenters. The van der Waals surface area contributed by atoms with Crippen LogP contribution in [0.2, 0.25) is 0 Å². The molecule has 2 rings (SSSR count). The summed E-state index contributed by atoms with van der Waals surface area (Å²) in [5.41, 5.74) is -0.667. The molecule has 2 fully saturated rings. The quantitative estimate of drug-likeness (QED) is 0.840. The van der Waals surface area contributed by atoms with E-state index in [1.54, 1.807) is 0 Å². The summed E-state index contributed by atoms with van der Waals surface area (Å²) < 4.78 is 23.0. The van der Waals surface area contributed by atoms with E-state index in [4.69, 9.17) is 0 Å². The van der Waals surface area contributed by atoms with Crippen molar-refractivity contribution in [3.05, 3.63) is 0 Å². The Morgan fingerprint density at radius 1 is 1.32 bits per heavy atom. The summed E-state index contributed by atoms with van der Waals surface area (Å²) in [6.07, 6.45) is 5.09. The number of rotatable bonds is 4. The summed E-state index contributed by atoms with van der Waals surface area (Å²) >= 11 is 0. The molecule has 0 aromatic heterocycles. The van der Waals surface area contributed by atoms with E-state index in [-0.39, 0.29) is 17.5 Å². The lowest BCUT2D eigenvalue weighted by Crippen LogP contribution is -2.46. The smallest absolute Gasteiger partial charge is 0.310 e. The Balaban J connectivity index is 2.03. The molecule has 19 heavy (non-hydrogen) atoms. The minimum absolute atomic E-state index is 0.0110. The maximum atomic E-state index is 11.6. The number of carboxylic acid groups (broad SMARTS) is 1. The first-order valence-corrected chi connectivity index (χ1v) is 8.81. The molecule has 0 radical (unpaired) electrons. The Morgan fingerprint density at radius 2 is 1.95 bits per heavy atom. The molecular formula is C13H23NO4S. The largest absolute Gasteiger partial charge is 0.481 e. The van der Waals surface area contributed by atoms with Crippen molar-refractivity contribution in [1.82, 2.24) is 4.90 Å². The first kappa shape index (κ1) is 14.8. The zero-order chi connectivity index (χ0) is 14.1. The molecule has 0 aromatic rings. The second-order valence-corrected chi connectivity index (χ2v) is 8.35. The van der Waals surface area contributed by atoms with Crippen LogP contribution < -0.4 is 0 Å². The molecule has 6 heteroatoms. The molecule has 1 N–H and O–H groups in total. The first-order valence-electron chi connectivity index (χ1n) is 6.99. The minimum Gasteiger partial charge on any atom is -0.481 e. The molecule has 5 nitrogen and oxygen atoms in total. The van der Waals surface area contributed by atoms with Crippen molar-refractivity contribution >= 4 is 15.8 Å². The van der Waals surface area contributed by atoms with Gasteiger partial charge in [-0.15, -0.1) is 0 Å². The fourth-order valence-electron chi connectivity index (χ4n) is 3.40. The summed E-state index contributed by atoms with van der Waals surface area (Å²) in [4.78, 5) is 13.6. The SMILES string of the molecule is CN(CC1(C(=O)O)CCCCC1)C1CCS(=O)(=O)C1. The van der Waals surface area contributed by atoms with Gasteiger partial charge in [0.25, 0.3) is 0 Å². The lowest BCUT2D eigenvalue weighted by Gasteiger charge is -2.38. The molecule has 1 saturated carbocycles. The van der Waals surface area contributed by atoms with E-state index >= 15 is 0 Å². The van der Waals surface area contributed by atoms with Gasteiger partial charge in [0.05, 0.1) is 16.9 Å². The van der Waals surface area contributed by atoms with Crippen LogP contribution in [0.1, 0.15) is 38.5 Å². The number of carboxylic acids is 1. The Hall–Kier alpha value is -0.620. The van der Waals surface area contributed by atoms with Gasteiger partial charge in [-0.05, 0) is 26.3 Å². The molecule has 1 heterocycles. The van der Waals surface area contributed by atoms with Crippen molar-refractivity contribution in [3.63, 3.8) is 0 Å². The highest BCUT2D eigenvalue weighted by molar-refractivity contribution is 7.91. The van der Waals surface area contributed by atoms with Crippen LogP contribution in [0.15, 0.2) is 0 Å². The van der Waals surface area contributed by atoms with Crippen LogP contribution in [0.4, 0.5) is 0 Å². The van der Waals surface area contributed by atoms with Crippen LogP contribution in [-0.2, 0) is 14.6 Å². The molecule has 0 bridgehead atoms. The van der Waals surface area contributed by atoms with E-state index in [1.807, 2.05) is 11.9 Å². The third-order valence-corrected chi connectivity index (χ3v) is 6.40. The summed E-state index contributed by atoms with van der Waals surface area (Å²) in [5, 5.41) is 9.54. The summed E-state index contributed by atoms with van der Waals surface area (Å²) in [5.74, 6) is -0.304. The first-order chi connectivity index (χ1) is 8.85. The van der Waals surface area contributed by atoms with Crippen molar-refractivity contribution in [2.45, 2.75) is 44.6 Å². The highest BCUT2D eigenvalue weighted by atomic mass is 32.2. The van der Waals surface area contributed by atoms with Gasteiger partial charge in [-0.1, -0.05) is 19.3 Å². The topological polar surface area (TPSA) is 74.7 Å². The van der Waals surface area contributed by atoms with Crippen LogP contribution in [0, 0.1) is 5.41 Å². The maximum Gasteiger partial charge on any atom is 0.310 e. The average molecular weight is 289 g/mol. The van der Waals surface area contributed by atoms with Crippen LogP contribution in [0.25, 0.3) is 0 Å². The van der Waals surface area contributed by atoms with Gasteiger partial charge in [-0.3, -0.25) is 4.79 Å². The predicted octanol–water partition coefficient (Wildman–Crippen LogP) is 1.14.